The molecule has 0 fully saturated rings. The molecule has 0 aliphatic carbocycles. The van der Waals surface area contributed by atoms with Gasteiger partial charge in [0.2, 0.25) is 0 Å². The second-order valence-corrected chi connectivity index (χ2v) is 4.64. The Bertz CT molecular complexity index is 831. The predicted octanol–water partition coefficient (Wildman–Crippen LogP) is 3.25. The molecule has 2 heterocycles. The smallest absolute Gasteiger partial charge is 0.141 e. The number of hydrogen-bond acceptors (Lipinski definition) is 3. The van der Waals surface area contributed by atoms with Crippen LogP contribution in [0.4, 0.5) is 0 Å². The third kappa shape index (κ3) is 4.41. The predicted molar refractivity (Wildman–Crippen MR) is 87.6 cm³/mol. The molecule has 0 saturated heterocycles. The number of para-hydroxylation sites is 3. The second-order valence-electron chi connectivity index (χ2n) is 4.64. The maximum atomic E-state index is 9.42. The molecule has 0 aliphatic heterocycles. The van der Waals surface area contributed by atoms with Gasteiger partial charge >= 0.3 is 0 Å². The van der Waals surface area contributed by atoms with Gasteiger partial charge in [-0.1, -0.05) is 12.1 Å². The molecule has 2 aromatic heterocycles. The summed E-state index contributed by atoms with van der Waals surface area (Å²) in [6, 6.07) is 21.6. The summed E-state index contributed by atoms with van der Waals surface area (Å²) in [7, 11) is 0. The van der Waals surface area contributed by atoms with Crippen LogP contribution in [0.25, 0.3) is 11.4 Å². The first-order valence-corrected chi connectivity index (χ1v) is 7.09. The van der Waals surface area contributed by atoms with E-state index >= 15 is 0 Å². The van der Waals surface area contributed by atoms with E-state index in [1.165, 1.54) is 0 Å². The van der Waals surface area contributed by atoms with Crippen LogP contribution in [-0.4, -0.2) is 24.7 Å². The Morgan fingerprint density at radius 3 is 2.04 bits per heavy atom. The van der Waals surface area contributed by atoms with Gasteiger partial charge in [0.1, 0.15) is 11.4 Å². The van der Waals surface area contributed by atoms with Gasteiger partial charge < -0.3 is 5.11 Å². The summed E-state index contributed by atoms with van der Waals surface area (Å²) in [5, 5.41) is 17.5. The van der Waals surface area contributed by atoms with E-state index in [2.05, 4.69) is 16.3 Å². The van der Waals surface area contributed by atoms with Crippen molar-refractivity contribution in [3.8, 4) is 17.1 Å². The van der Waals surface area contributed by atoms with E-state index in [4.69, 9.17) is 0 Å². The molecule has 0 unspecified atom stereocenters. The van der Waals surface area contributed by atoms with Crippen LogP contribution in [0.1, 0.15) is 0 Å². The minimum atomic E-state index is 0. The van der Waals surface area contributed by atoms with E-state index in [1.54, 1.807) is 40.1 Å². The van der Waals surface area contributed by atoms with Crippen molar-refractivity contribution >= 4 is 0 Å². The largest absolute Gasteiger partial charge is 0.506 e. The van der Waals surface area contributed by atoms with Gasteiger partial charge in [-0.25, -0.2) is 4.68 Å². The van der Waals surface area contributed by atoms with Crippen molar-refractivity contribution in [1.82, 2.24) is 19.6 Å². The number of aromatic nitrogens is 4. The van der Waals surface area contributed by atoms with Crippen LogP contribution < -0.4 is 0 Å². The molecule has 5 nitrogen and oxygen atoms in total. The zero-order valence-corrected chi connectivity index (χ0v) is 15.0. The SMILES string of the molecule is Oc1ccccc1-n1cccn1.[Ir].[c-]1ccccc1-n1cccn1. The molecule has 0 spiro atoms. The number of hydrogen-bond donors (Lipinski definition) is 1. The average molecular weight is 496 g/mol. The number of nitrogens with zero attached hydrogens (tertiary/aromatic N) is 4. The first kappa shape index (κ1) is 17.7. The van der Waals surface area contributed by atoms with Crippen molar-refractivity contribution in [2.24, 2.45) is 0 Å². The zero-order valence-electron chi connectivity index (χ0n) is 12.7. The van der Waals surface area contributed by atoms with Crippen LogP contribution in [0, 0.1) is 6.07 Å². The Labute approximate surface area is 153 Å². The molecule has 123 valence electrons. The molecule has 1 N–H and O–H groups in total. The fourth-order valence-corrected chi connectivity index (χ4v) is 2.01. The molecule has 0 bridgehead atoms. The standard InChI is InChI=1S/C9H8N2O.C9H7N2.Ir/c12-9-5-2-1-4-8(9)11-7-3-6-10-11;1-2-5-9(6-3-1)11-8-4-7-10-11;/h1-7,12H;1-5,7-8H;/q;-1;. The fraction of sp³-hybridized carbons (Fsp3) is 0. The quantitative estimate of drug-likeness (QED) is 0.435. The zero-order chi connectivity index (χ0) is 15.9. The molecule has 24 heavy (non-hydrogen) atoms. The molecule has 0 saturated carbocycles. The van der Waals surface area contributed by atoms with Crippen LogP contribution in [0.2, 0.25) is 0 Å². The summed E-state index contributed by atoms with van der Waals surface area (Å²) in [5.41, 5.74) is 1.67. The number of phenolic OH excluding ortho intramolecular Hbond substituents is 1. The van der Waals surface area contributed by atoms with E-state index in [-0.39, 0.29) is 25.9 Å². The Balaban J connectivity index is 0.000000167. The normalized spacial score (nSPS) is 9.50. The first-order chi connectivity index (χ1) is 11.3. The molecule has 4 rings (SSSR count). The second kappa shape index (κ2) is 8.81. The van der Waals surface area contributed by atoms with Gasteiger partial charge in [-0.2, -0.15) is 34.5 Å². The van der Waals surface area contributed by atoms with E-state index in [0.717, 1.165) is 5.69 Å². The minimum Gasteiger partial charge on any atom is -0.506 e. The summed E-state index contributed by atoms with van der Waals surface area (Å²) >= 11 is 0. The molecule has 0 aliphatic rings. The third-order valence-corrected chi connectivity index (χ3v) is 3.08. The van der Waals surface area contributed by atoms with Crippen molar-refractivity contribution in [2.45, 2.75) is 0 Å². The van der Waals surface area contributed by atoms with Crippen LogP contribution in [0.15, 0.2) is 85.5 Å². The Morgan fingerprint density at radius 1 is 0.792 bits per heavy atom. The minimum absolute atomic E-state index is 0. The third-order valence-electron chi connectivity index (χ3n) is 3.08. The molecule has 2 aromatic carbocycles. The molecule has 4 aromatic rings. The summed E-state index contributed by atoms with van der Waals surface area (Å²) in [4.78, 5) is 0. The summed E-state index contributed by atoms with van der Waals surface area (Å²) in [6.45, 7) is 0. The van der Waals surface area contributed by atoms with E-state index < -0.39 is 0 Å². The van der Waals surface area contributed by atoms with Gasteiger partial charge in [-0.15, -0.1) is 6.07 Å². The Hall–Kier alpha value is -2.69. The maximum absolute atomic E-state index is 9.42. The van der Waals surface area contributed by atoms with Gasteiger partial charge in [-0.05, 0) is 30.0 Å². The molecule has 0 amide bonds. The van der Waals surface area contributed by atoms with Gasteiger partial charge in [0.15, 0.2) is 0 Å². The van der Waals surface area contributed by atoms with Crippen LogP contribution >= 0.6 is 0 Å². The van der Waals surface area contributed by atoms with E-state index in [9.17, 15) is 5.11 Å². The molecule has 0 atom stereocenters. The van der Waals surface area contributed by atoms with Crippen LogP contribution in [0.3, 0.4) is 0 Å². The summed E-state index contributed by atoms with van der Waals surface area (Å²) in [5.74, 6) is 0.237. The number of rotatable bonds is 2. The van der Waals surface area contributed by atoms with Crippen molar-refractivity contribution in [1.29, 1.82) is 0 Å². The summed E-state index contributed by atoms with van der Waals surface area (Å²) < 4.78 is 3.40. The topological polar surface area (TPSA) is 55.9 Å². The van der Waals surface area contributed by atoms with E-state index in [1.807, 2.05) is 54.7 Å². The average Bonchev–Trinajstić information content (AvgIpc) is 3.31. The van der Waals surface area contributed by atoms with E-state index in [0.29, 0.717) is 5.69 Å². The fourth-order valence-electron chi connectivity index (χ4n) is 2.01. The molecular weight excluding hydrogens is 480 g/mol. The van der Waals surface area contributed by atoms with Gasteiger partial charge in [0.25, 0.3) is 0 Å². The van der Waals surface area contributed by atoms with Gasteiger partial charge in [0, 0.05) is 44.9 Å². The number of aromatic hydroxyl groups is 1. The molecule has 1 radical (unpaired) electrons. The number of benzene rings is 2. The van der Waals surface area contributed by atoms with Crippen molar-refractivity contribution < 1.29 is 25.2 Å². The van der Waals surface area contributed by atoms with Gasteiger partial charge in [-0.3, -0.25) is 4.68 Å². The Morgan fingerprint density at radius 2 is 1.46 bits per heavy atom. The molecular formula is C18H15IrN4O-. The number of phenols is 1. The van der Waals surface area contributed by atoms with Gasteiger partial charge in [0.05, 0.1) is 0 Å². The van der Waals surface area contributed by atoms with Crippen molar-refractivity contribution in [2.75, 3.05) is 0 Å². The first-order valence-electron chi connectivity index (χ1n) is 7.09. The molecule has 6 heteroatoms. The van der Waals surface area contributed by atoms with Crippen LogP contribution in [-0.2, 0) is 20.1 Å². The van der Waals surface area contributed by atoms with Crippen molar-refractivity contribution in [3.05, 3.63) is 91.5 Å². The Kier molecular flexibility index (Phi) is 6.49. The van der Waals surface area contributed by atoms with Crippen LogP contribution in [0.5, 0.6) is 5.75 Å². The summed E-state index contributed by atoms with van der Waals surface area (Å²) in [6.07, 6.45) is 7.11. The monoisotopic (exact) mass is 496 g/mol. The van der Waals surface area contributed by atoms with Crippen molar-refractivity contribution in [3.63, 3.8) is 0 Å². The maximum Gasteiger partial charge on any atom is 0.141 e.